The second-order valence-electron chi connectivity index (χ2n) is 10.6. The Morgan fingerprint density at radius 3 is 1.25 bits per heavy atom. The number of nitrogens with two attached hydrogens (primary N) is 1. The second-order valence-corrected chi connectivity index (χ2v) is 12.9. The van der Waals surface area contributed by atoms with Crippen LogP contribution in [0.5, 0.6) is 11.5 Å². The van der Waals surface area contributed by atoms with Gasteiger partial charge in [-0.15, -0.1) is 0 Å². The lowest BCUT2D eigenvalue weighted by Gasteiger charge is -2.25. The molecule has 0 heterocycles. The zero-order chi connectivity index (χ0) is 38.5. The van der Waals surface area contributed by atoms with Crippen LogP contribution < -0.4 is 36.0 Å². The van der Waals surface area contributed by atoms with Crippen LogP contribution in [0.4, 0.5) is 0 Å². The van der Waals surface area contributed by atoms with Gasteiger partial charge in [0.25, 0.3) is 0 Å². The van der Waals surface area contributed by atoms with Crippen LogP contribution in [0.1, 0.15) is 11.1 Å². The molecule has 0 radical (unpaired) electrons. The van der Waals surface area contributed by atoms with E-state index in [2.05, 4.69) is 25.0 Å². The number of amides is 4. The summed E-state index contributed by atoms with van der Waals surface area (Å²) >= 11 is 0. The molecule has 0 unspecified atom stereocenters. The molecule has 0 aliphatic rings. The van der Waals surface area contributed by atoms with Gasteiger partial charge >= 0.3 is 21.6 Å². The molecule has 0 saturated carbocycles. The minimum atomic E-state index is -4.92. The van der Waals surface area contributed by atoms with E-state index in [1.807, 2.05) is 5.32 Å². The number of phosphoric ester groups is 2. The van der Waals surface area contributed by atoms with Gasteiger partial charge in [0.15, 0.2) is 0 Å². The van der Waals surface area contributed by atoms with Gasteiger partial charge in [0, 0.05) is 12.8 Å². The highest BCUT2D eigenvalue weighted by Crippen LogP contribution is 2.38. The van der Waals surface area contributed by atoms with Crippen molar-refractivity contribution in [3.05, 3.63) is 59.7 Å². The van der Waals surface area contributed by atoms with Gasteiger partial charge in [-0.25, -0.2) is 13.9 Å². The first-order valence-electron chi connectivity index (χ1n) is 14.5. The molecular formula is C27H37N5O17P2. The van der Waals surface area contributed by atoms with Crippen LogP contribution in [-0.2, 0) is 45.9 Å². The van der Waals surface area contributed by atoms with E-state index in [1.54, 1.807) is 0 Å². The molecule has 0 fully saturated rings. The lowest BCUT2D eigenvalue weighted by atomic mass is 10.0. The van der Waals surface area contributed by atoms with Gasteiger partial charge in [0.2, 0.25) is 23.6 Å². The fourth-order valence-corrected chi connectivity index (χ4v) is 4.89. The third-order valence-corrected chi connectivity index (χ3v) is 7.48. The largest absolute Gasteiger partial charge is 0.524 e. The zero-order valence-electron chi connectivity index (χ0n) is 26.3. The SMILES string of the molecule is N[C@@H](CO)C(=O)N[C@@H](CO)C(=O)N[C@@H](CO)C(=O)N[C@@H](Cc1ccc(OP(=O)(O)O)cc1)C(=O)N[C@@H](Cc1ccc(OP(=O)(O)O)cc1)C(=O)O. The van der Waals surface area contributed by atoms with Crippen LogP contribution in [0.15, 0.2) is 48.5 Å². The maximum absolute atomic E-state index is 13.5. The molecule has 0 aromatic heterocycles. The van der Waals surface area contributed by atoms with E-state index in [4.69, 9.17) is 30.4 Å². The van der Waals surface area contributed by atoms with Gasteiger partial charge in [-0.2, -0.15) is 0 Å². The van der Waals surface area contributed by atoms with Crippen molar-refractivity contribution in [3.8, 4) is 11.5 Å². The van der Waals surface area contributed by atoms with E-state index < -0.39 is 102 Å². The van der Waals surface area contributed by atoms with E-state index in [1.165, 1.54) is 24.3 Å². The molecule has 51 heavy (non-hydrogen) atoms. The van der Waals surface area contributed by atoms with Crippen molar-refractivity contribution >= 4 is 45.2 Å². The molecule has 0 saturated heterocycles. The summed E-state index contributed by atoms with van der Waals surface area (Å²) in [5.74, 6) is -6.48. The summed E-state index contributed by atoms with van der Waals surface area (Å²) in [4.78, 5) is 99.3. The molecule has 2 aromatic carbocycles. The first kappa shape index (κ1) is 42.7. The number of aliphatic hydroxyl groups is 3. The van der Waals surface area contributed by atoms with E-state index in [0.29, 0.717) is 0 Å². The van der Waals surface area contributed by atoms with Crippen molar-refractivity contribution in [1.29, 1.82) is 0 Å². The smallest absolute Gasteiger partial charge is 0.480 e. The van der Waals surface area contributed by atoms with Crippen LogP contribution in [0, 0.1) is 0 Å². The Morgan fingerprint density at radius 1 is 0.569 bits per heavy atom. The Labute approximate surface area is 288 Å². The van der Waals surface area contributed by atoms with Crippen LogP contribution in [-0.4, -0.2) is 120 Å². The molecule has 0 aliphatic heterocycles. The minimum absolute atomic E-state index is 0.227. The van der Waals surface area contributed by atoms with Gasteiger partial charge in [0.05, 0.1) is 19.8 Å². The van der Waals surface area contributed by atoms with E-state index in [9.17, 15) is 48.4 Å². The molecule has 2 rings (SSSR count). The molecule has 282 valence electrons. The number of carboxylic acid groups (broad SMARTS) is 1. The van der Waals surface area contributed by atoms with E-state index >= 15 is 0 Å². The molecule has 0 spiro atoms. The molecular weight excluding hydrogens is 728 g/mol. The molecule has 24 heteroatoms. The number of phosphoric acid groups is 2. The third-order valence-electron chi connectivity index (χ3n) is 6.59. The maximum atomic E-state index is 13.5. The highest BCUT2D eigenvalue weighted by Gasteiger charge is 2.32. The standard InChI is InChI=1S/C27H37N5O17P2/c28-18(11-33)23(36)31-21(12-34)26(39)32-22(13-35)25(38)29-19(9-14-1-5-16(6-2-14)48-50(42,43)44)24(37)30-20(27(40)41)10-15-3-7-17(8-4-15)49-51(45,46)47/h1-8,18-22,33-35H,9-13,28H2,(H,29,38)(H,30,37)(H,31,36)(H,32,39)(H,40,41)(H2,42,43,44)(H2,45,46,47)/t18-,19-,20-,21-,22-/m0/s1. The monoisotopic (exact) mass is 765 g/mol. The summed E-state index contributed by atoms with van der Waals surface area (Å²) in [5, 5.41) is 46.9. The number of benzene rings is 2. The predicted octanol–water partition coefficient (Wildman–Crippen LogP) is -4.26. The number of nitrogens with one attached hydrogen (secondary N) is 4. The number of rotatable bonds is 20. The average molecular weight is 766 g/mol. The summed E-state index contributed by atoms with van der Waals surface area (Å²) in [6.07, 6.45) is -0.759. The first-order chi connectivity index (χ1) is 23.7. The molecule has 2 aromatic rings. The number of carboxylic acids is 1. The predicted molar refractivity (Wildman–Crippen MR) is 170 cm³/mol. The molecule has 0 aliphatic carbocycles. The first-order valence-corrected chi connectivity index (χ1v) is 17.5. The molecule has 14 N–H and O–H groups in total. The van der Waals surface area contributed by atoms with E-state index in [-0.39, 0.29) is 29.0 Å². The lowest BCUT2D eigenvalue weighted by molar-refractivity contribution is -0.142. The summed E-state index contributed by atoms with van der Waals surface area (Å²) in [7, 11) is -9.79. The Hall–Kier alpha value is -4.47. The van der Waals surface area contributed by atoms with Gasteiger partial charge in [-0.1, -0.05) is 24.3 Å². The number of hydrogen-bond donors (Lipinski definition) is 13. The topological polar surface area (TPSA) is 374 Å². The van der Waals surface area contributed by atoms with E-state index in [0.717, 1.165) is 24.3 Å². The Bertz CT molecular complexity index is 1620. The van der Waals surface area contributed by atoms with Crippen molar-refractivity contribution in [2.75, 3.05) is 19.8 Å². The van der Waals surface area contributed by atoms with Crippen molar-refractivity contribution in [3.63, 3.8) is 0 Å². The van der Waals surface area contributed by atoms with Gasteiger partial charge in [-0.3, -0.25) is 38.8 Å². The maximum Gasteiger partial charge on any atom is 0.524 e. The highest BCUT2D eigenvalue weighted by molar-refractivity contribution is 7.47. The Balaban J connectivity index is 2.30. The van der Waals surface area contributed by atoms with Gasteiger partial charge in [0.1, 0.15) is 41.7 Å². The molecule has 22 nitrogen and oxygen atoms in total. The van der Waals surface area contributed by atoms with Crippen LogP contribution >= 0.6 is 15.6 Å². The number of carbonyl (C=O) groups excluding carboxylic acids is 4. The van der Waals surface area contributed by atoms with Gasteiger partial charge < -0.3 is 56.5 Å². The van der Waals surface area contributed by atoms with Crippen LogP contribution in [0.2, 0.25) is 0 Å². The molecule has 0 bridgehead atoms. The van der Waals surface area contributed by atoms with Crippen LogP contribution in [0.3, 0.4) is 0 Å². The van der Waals surface area contributed by atoms with Crippen molar-refractivity contribution < 1.29 is 82.2 Å². The summed E-state index contributed by atoms with van der Waals surface area (Å²) in [6.45, 7) is -2.85. The van der Waals surface area contributed by atoms with Crippen molar-refractivity contribution in [2.45, 2.75) is 43.1 Å². The van der Waals surface area contributed by atoms with Crippen molar-refractivity contribution in [2.24, 2.45) is 5.73 Å². The summed E-state index contributed by atoms with van der Waals surface area (Å²) in [5.41, 5.74) is 5.89. The Kier molecular flexibility index (Phi) is 16.1. The molecule has 4 amide bonds. The van der Waals surface area contributed by atoms with Crippen LogP contribution in [0.25, 0.3) is 0 Å². The normalized spacial score (nSPS) is 14.5. The highest BCUT2D eigenvalue weighted by atomic mass is 31.2. The zero-order valence-corrected chi connectivity index (χ0v) is 28.1. The molecule has 5 atom stereocenters. The summed E-state index contributed by atoms with van der Waals surface area (Å²) in [6, 6.07) is 1.46. The lowest BCUT2D eigenvalue weighted by Crippen LogP contribution is -2.60. The fourth-order valence-electron chi connectivity index (χ4n) is 4.09. The summed E-state index contributed by atoms with van der Waals surface area (Å²) < 4.78 is 31.1. The quantitative estimate of drug-likeness (QED) is 0.0568. The minimum Gasteiger partial charge on any atom is -0.480 e. The number of aliphatic hydroxyl groups excluding tert-OH is 3. The third kappa shape index (κ3) is 15.1. The van der Waals surface area contributed by atoms with Crippen molar-refractivity contribution in [1.82, 2.24) is 21.3 Å². The number of carbonyl (C=O) groups is 5. The number of aliphatic carboxylic acids is 1. The Morgan fingerprint density at radius 2 is 0.902 bits per heavy atom. The van der Waals surface area contributed by atoms with Gasteiger partial charge in [-0.05, 0) is 35.4 Å². The number of hydrogen-bond acceptors (Lipinski definition) is 13. The average Bonchev–Trinajstić information content (AvgIpc) is 3.04. The fraction of sp³-hybridized carbons (Fsp3) is 0.370. The second kappa shape index (κ2) is 19.2.